The number of Topliss-reactive ketones (excluding diaryl/α,β-unsaturated/α-hetero) is 1. The van der Waals surface area contributed by atoms with Crippen LogP contribution in [0.1, 0.15) is 72.1 Å². The summed E-state index contributed by atoms with van der Waals surface area (Å²) >= 11 is 0. The number of halogens is 1. The Kier molecular flexibility index (Phi) is 9.92. The number of allylic oxidation sites excluding steroid dienone is 3. The summed E-state index contributed by atoms with van der Waals surface area (Å²) in [6, 6.07) is 0. The number of hydrogen-bond donors (Lipinski definition) is 2. The Labute approximate surface area is 162 Å². The normalized spacial score (nSPS) is 24.9. The minimum atomic E-state index is -1.20. The van der Waals surface area contributed by atoms with Crippen molar-refractivity contribution in [3.8, 4) is 0 Å². The third-order valence-electron chi connectivity index (χ3n) is 5.50. The van der Waals surface area contributed by atoms with Crippen LogP contribution in [0.25, 0.3) is 0 Å². The number of unbranched alkanes of at least 4 members (excludes halogenated alkanes) is 2. The SMILES string of the molecule is CCCCC(C)(C)[C@H](O)/C=C/[C@H]1[C@@H](F)CC(=O)[C@@H]1C/C=C\CCCC(=O)O. The number of carbonyl (C=O) groups is 2. The number of aliphatic carboxylic acids is 1. The van der Waals surface area contributed by atoms with Crippen molar-refractivity contribution in [1.29, 1.82) is 0 Å². The maximum atomic E-state index is 14.3. The highest BCUT2D eigenvalue weighted by Crippen LogP contribution is 2.36. The molecule has 27 heavy (non-hydrogen) atoms. The second kappa shape index (κ2) is 11.4. The van der Waals surface area contributed by atoms with Crippen molar-refractivity contribution in [2.24, 2.45) is 17.3 Å². The summed E-state index contributed by atoms with van der Waals surface area (Å²) in [5.41, 5.74) is -0.277. The number of carbonyl (C=O) groups excluding carboxylic acids is 1. The van der Waals surface area contributed by atoms with Gasteiger partial charge in [0, 0.05) is 24.7 Å². The molecule has 0 bridgehead atoms. The van der Waals surface area contributed by atoms with Gasteiger partial charge in [0.1, 0.15) is 12.0 Å². The second-order valence-corrected chi connectivity index (χ2v) is 8.29. The molecule has 1 saturated carbocycles. The van der Waals surface area contributed by atoms with Crippen LogP contribution in [0.15, 0.2) is 24.3 Å². The molecule has 0 spiro atoms. The van der Waals surface area contributed by atoms with Gasteiger partial charge in [0.2, 0.25) is 0 Å². The van der Waals surface area contributed by atoms with Crippen LogP contribution in [-0.2, 0) is 9.59 Å². The van der Waals surface area contributed by atoms with Crippen molar-refractivity contribution in [3.63, 3.8) is 0 Å². The maximum absolute atomic E-state index is 14.3. The van der Waals surface area contributed by atoms with Crippen LogP contribution in [-0.4, -0.2) is 34.2 Å². The van der Waals surface area contributed by atoms with Gasteiger partial charge in [-0.3, -0.25) is 9.59 Å². The summed E-state index contributed by atoms with van der Waals surface area (Å²) in [5, 5.41) is 19.1. The van der Waals surface area contributed by atoms with Crippen molar-refractivity contribution >= 4 is 11.8 Å². The lowest BCUT2D eigenvalue weighted by atomic mass is 9.80. The fourth-order valence-electron chi connectivity index (χ4n) is 3.50. The number of carboxylic acid groups (broad SMARTS) is 1. The summed E-state index contributed by atoms with van der Waals surface area (Å²) < 4.78 is 14.3. The van der Waals surface area contributed by atoms with Crippen LogP contribution in [0, 0.1) is 17.3 Å². The molecule has 4 atom stereocenters. The zero-order valence-corrected chi connectivity index (χ0v) is 16.9. The molecule has 0 amide bonds. The molecule has 0 saturated heterocycles. The standard InChI is InChI=1S/C22H35FO4/c1-4-5-14-22(2,3)20(25)13-12-16-17(19(24)15-18(16)23)10-8-6-7-9-11-21(26)27/h6,8,12-13,16-18,20,25H,4-5,7,9-11,14-15H2,1-3H3,(H,26,27)/b8-6-,13-12+/t16-,17-,18+,20-/m1/s1. The Hall–Kier alpha value is -1.49. The van der Waals surface area contributed by atoms with Gasteiger partial charge in [-0.2, -0.15) is 0 Å². The zero-order valence-electron chi connectivity index (χ0n) is 16.9. The van der Waals surface area contributed by atoms with E-state index in [-0.39, 0.29) is 24.0 Å². The van der Waals surface area contributed by atoms with E-state index in [0.29, 0.717) is 19.3 Å². The lowest BCUT2D eigenvalue weighted by Crippen LogP contribution is -2.28. The van der Waals surface area contributed by atoms with Crippen molar-refractivity contribution in [1.82, 2.24) is 0 Å². The molecule has 0 heterocycles. The predicted molar refractivity (Wildman–Crippen MR) is 105 cm³/mol. The first kappa shape index (κ1) is 23.5. The number of hydrogen-bond acceptors (Lipinski definition) is 3. The van der Waals surface area contributed by atoms with Crippen LogP contribution in [0.4, 0.5) is 4.39 Å². The van der Waals surface area contributed by atoms with E-state index in [1.807, 2.05) is 26.0 Å². The first-order valence-electron chi connectivity index (χ1n) is 10.1. The highest BCUT2D eigenvalue weighted by molar-refractivity contribution is 5.84. The highest BCUT2D eigenvalue weighted by Gasteiger charge is 2.40. The fourth-order valence-corrected chi connectivity index (χ4v) is 3.50. The van der Waals surface area contributed by atoms with E-state index in [1.165, 1.54) is 0 Å². The third kappa shape index (κ3) is 7.96. The molecule has 1 fully saturated rings. The lowest BCUT2D eigenvalue weighted by molar-refractivity contribution is -0.137. The van der Waals surface area contributed by atoms with Crippen LogP contribution in [0.3, 0.4) is 0 Å². The van der Waals surface area contributed by atoms with Crippen molar-refractivity contribution in [2.45, 2.75) is 84.4 Å². The summed E-state index contributed by atoms with van der Waals surface area (Å²) in [7, 11) is 0. The topological polar surface area (TPSA) is 74.6 Å². The number of aliphatic hydroxyl groups is 1. The molecule has 0 unspecified atom stereocenters. The van der Waals surface area contributed by atoms with E-state index in [0.717, 1.165) is 19.3 Å². The predicted octanol–water partition coefficient (Wildman–Crippen LogP) is 4.86. The zero-order chi connectivity index (χ0) is 20.4. The van der Waals surface area contributed by atoms with Crippen molar-refractivity contribution in [2.75, 3.05) is 0 Å². The average Bonchev–Trinajstić information content (AvgIpc) is 2.86. The average molecular weight is 383 g/mol. The van der Waals surface area contributed by atoms with Crippen LogP contribution < -0.4 is 0 Å². The van der Waals surface area contributed by atoms with Gasteiger partial charge in [0.15, 0.2) is 0 Å². The second-order valence-electron chi connectivity index (χ2n) is 8.29. The van der Waals surface area contributed by atoms with Gasteiger partial charge in [-0.05, 0) is 31.1 Å². The molecule has 5 heteroatoms. The van der Waals surface area contributed by atoms with Crippen molar-refractivity contribution in [3.05, 3.63) is 24.3 Å². The van der Waals surface area contributed by atoms with E-state index < -0.39 is 30.1 Å². The quantitative estimate of drug-likeness (QED) is 0.373. The highest BCUT2D eigenvalue weighted by atomic mass is 19.1. The van der Waals surface area contributed by atoms with Gasteiger partial charge in [-0.1, -0.05) is 57.9 Å². The van der Waals surface area contributed by atoms with Crippen molar-refractivity contribution < 1.29 is 24.2 Å². The maximum Gasteiger partial charge on any atom is 0.303 e. The molecular formula is C22H35FO4. The molecule has 0 aromatic heterocycles. The molecule has 0 aromatic rings. The first-order chi connectivity index (χ1) is 12.7. The monoisotopic (exact) mass is 382 g/mol. The smallest absolute Gasteiger partial charge is 0.303 e. The van der Waals surface area contributed by atoms with Crippen LogP contribution in [0.5, 0.6) is 0 Å². The van der Waals surface area contributed by atoms with E-state index in [1.54, 1.807) is 12.2 Å². The molecule has 0 aliphatic heterocycles. The van der Waals surface area contributed by atoms with Crippen LogP contribution >= 0.6 is 0 Å². The Morgan fingerprint density at radius 1 is 1.33 bits per heavy atom. The number of alkyl halides is 1. The number of aliphatic hydroxyl groups excluding tert-OH is 1. The lowest BCUT2D eigenvalue weighted by Gasteiger charge is -2.29. The molecule has 1 aliphatic carbocycles. The molecule has 0 radical (unpaired) electrons. The summed E-state index contributed by atoms with van der Waals surface area (Å²) in [5.74, 6) is -1.80. The Bertz CT molecular complexity index is 538. The summed E-state index contributed by atoms with van der Waals surface area (Å²) in [4.78, 5) is 22.6. The molecule has 1 aliphatic rings. The number of ketones is 1. The van der Waals surface area contributed by atoms with Gasteiger partial charge in [0.25, 0.3) is 0 Å². The van der Waals surface area contributed by atoms with E-state index in [2.05, 4.69) is 6.92 Å². The molecular weight excluding hydrogens is 347 g/mol. The minimum Gasteiger partial charge on any atom is -0.481 e. The van der Waals surface area contributed by atoms with Crippen LogP contribution in [0.2, 0.25) is 0 Å². The number of rotatable bonds is 12. The van der Waals surface area contributed by atoms with Gasteiger partial charge in [-0.25, -0.2) is 4.39 Å². The third-order valence-corrected chi connectivity index (χ3v) is 5.50. The van der Waals surface area contributed by atoms with E-state index in [4.69, 9.17) is 5.11 Å². The molecule has 0 aromatic carbocycles. The largest absolute Gasteiger partial charge is 0.481 e. The van der Waals surface area contributed by atoms with Gasteiger partial charge in [-0.15, -0.1) is 0 Å². The molecule has 154 valence electrons. The Morgan fingerprint density at radius 3 is 2.67 bits per heavy atom. The summed E-state index contributed by atoms with van der Waals surface area (Å²) in [6.07, 6.45) is 9.88. The minimum absolute atomic E-state index is 0.0676. The molecule has 1 rings (SSSR count). The Morgan fingerprint density at radius 2 is 2.04 bits per heavy atom. The Balaban J connectivity index is 2.63. The fraction of sp³-hybridized carbons (Fsp3) is 0.727. The van der Waals surface area contributed by atoms with E-state index in [9.17, 15) is 19.1 Å². The molecule has 4 nitrogen and oxygen atoms in total. The first-order valence-corrected chi connectivity index (χ1v) is 10.1. The van der Waals surface area contributed by atoms with Gasteiger partial charge < -0.3 is 10.2 Å². The van der Waals surface area contributed by atoms with E-state index >= 15 is 0 Å². The summed E-state index contributed by atoms with van der Waals surface area (Å²) in [6.45, 7) is 6.11. The number of carboxylic acids is 1. The van der Waals surface area contributed by atoms with Gasteiger partial charge in [0.05, 0.1) is 6.10 Å². The van der Waals surface area contributed by atoms with Gasteiger partial charge >= 0.3 is 5.97 Å². The molecule has 2 N–H and O–H groups in total.